The lowest BCUT2D eigenvalue weighted by Gasteiger charge is -1.99. The van der Waals surface area contributed by atoms with Crippen molar-refractivity contribution < 1.29 is 8.81 Å². The van der Waals surface area contributed by atoms with E-state index in [9.17, 15) is 9.18 Å². The van der Waals surface area contributed by atoms with Crippen LogP contribution in [0.5, 0.6) is 0 Å². The van der Waals surface area contributed by atoms with Crippen LogP contribution in [0.1, 0.15) is 0 Å². The maximum atomic E-state index is 13.7. The van der Waals surface area contributed by atoms with E-state index in [0.29, 0.717) is 28.2 Å². The first kappa shape index (κ1) is 11.7. The summed E-state index contributed by atoms with van der Waals surface area (Å²) in [5, 5.41) is 0. The Balaban J connectivity index is 2.01. The number of pyridine rings is 1. The number of fused-ring (bicyclic) bond motifs is 2. The third-order valence-corrected chi connectivity index (χ3v) is 3.33. The summed E-state index contributed by atoms with van der Waals surface area (Å²) in [5.74, 6) is -0.664. The molecule has 0 saturated heterocycles. The molecule has 0 unspecified atom stereocenters. The van der Waals surface area contributed by atoms with E-state index in [1.807, 2.05) is 0 Å². The molecule has 0 aliphatic carbocycles. The number of hydrogen-bond acceptors (Lipinski definition) is 4. The van der Waals surface area contributed by atoms with E-state index in [-0.39, 0.29) is 5.65 Å². The molecular formula is C14H9FN4O2. The van der Waals surface area contributed by atoms with E-state index in [0.717, 1.165) is 0 Å². The summed E-state index contributed by atoms with van der Waals surface area (Å²) in [7, 11) is 0. The number of oxazole rings is 1. The van der Waals surface area contributed by atoms with Gasteiger partial charge < -0.3 is 10.2 Å². The van der Waals surface area contributed by atoms with Gasteiger partial charge in [0.25, 0.3) is 0 Å². The zero-order valence-electron chi connectivity index (χ0n) is 10.6. The molecule has 4 aromatic rings. The van der Waals surface area contributed by atoms with Gasteiger partial charge in [-0.25, -0.2) is 14.2 Å². The van der Waals surface area contributed by atoms with Crippen molar-refractivity contribution >= 4 is 22.6 Å². The van der Waals surface area contributed by atoms with Gasteiger partial charge in [0.05, 0.1) is 5.52 Å². The van der Waals surface area contributed by atoms with Crippen LogP contribution in [-0.2, 0) is 0 Å². The number of anilines is 1. The number of aromatic amines is 1. The largest absolute Gasteiger partial charge is 0.417 e. The van der Waals surface area contributed by atoms with Crippen molar-refractivity contribution in [1.29, 1.82) is 0 Å². The average molecular weight is 284 g/mol. The summed E-state index contributed by atoms with van der Waals surface area (Å²) < 4.78 is 20.2. The second kappa shape index (κ2) is 3.95. The molecule has 7 heteroatoms. The Morgan fingerprint density at radius 3 is 3.00 bits per heavy atom. The summed E-state index contributed by atoms with van der Waals surface area (Å²) in [4.78, 5) is 17.9. The highest BCUT2D eigenvalue weighted by molar-refractivity contribution is 5.83. The SMILES string of the molecule is Nc1c(-c2ccc3[nH]c(=O)oc3c2)nc2c(F)cccn12. The molecule has 0 bridgehead atoms. The minimum absolute atomic E-state index is 0.153. The van der Waals surface area contributed by atoms with E-state index < -0.39 is 11.6 Å². The van der Waals surface area contributed by atoms with Crippen molar-refractivity contribution in [3.05, 3.63) is 52.9 Å². The number of benzene rings is 1. The Morgan fingerprint density at radius 2 is 2.19 bits per heavy atom. The number of nitrogens with one attached hydrogen (secondary N) is 1. The minimum atomic E-state index is -0.531. The van der Waals surface area contributed by atoms with Crippen molar-refractivity contribution in [2.75, 3.05) is 5.73 Å². The Kier molecular flexibility index (Phi) is 2.20. The number of halogens is 1. The third-order valence-electron chi connectivity index (χ3n) is 3.33. The van der Waals surface area contributed by atoms with Gasteiger partial charge in [0.2, 0.25) is 0 Å². The van der Waals surface area contributed by atoms with E-state index in [4.69, 9.17) is 10.2 Å². The van der Waals surface area contributed by atoms with Crippen molar-refractivity contribution in [2.24, 2.45) is 0 Å². The van der Waals surface area contributed by atoms with Gasteiger partial charge in [-0.1, -0.05) is 6.07 Å². The molecule has 0 radical (unpaired) electrons. The fourth-order valence-electron chi connectivity index (χ4n) is 2.36. The molecule has 3 N–H and O–H groups in total. The predicted octanol–water partition coefficient (Wildman–Crippen LogP) is 2.16. The maximum absolute atomic E-state index is 13.7. The highest BCUT2D eigenvalue weighted by Crippen LogP contribution is 2.29. The minimum Gasteiger partial charge on any atom is -0.408 e. The van der Waals surface area contributed by atoms with Crippen LogP contribution in [0.2, 0.25) is 0 Å². The number of rotatable bonds is 1. The molecule has 0 aliphatic rings. The van der Waals surface area contributed by atoms with Gasteiger partial charge in [0, 0.05) is 11.8 Å². The molecular weight excluding hydrogens is 275 g/mol. The van der Waals surface area contributed by atoms with Gasteiger partial charge in [-0.3, -0.25) is 9.38 Å². The van der Waals surface area contributed by atoms with Crippen LogP contribution in [0.3, 0.4) is 0 Å². The van der Waals surface area contributed by atoms with E-state index in [1.54, 1.807) is 30.5 Å². The molecule has 21 heavy (non-hydrogen) atoms. The molecule has 0 aliphatic heterocycles. The predicted molar refractivity (Wildman–Crippen MR) is 75.4 cm³/mol. The lowest BCUT2D eigenvalue weighted by atomic mass is 10.1. The number of nitrogens with zero attached hydrogens (tertiary/aromatic N) is 2. The molecule has 4 rings (SSSR count). The van der Waals surface area contributed by atoms with Gasteiger partial charge in [-0.15, -0.1) is 0 Å². The highest BCUT2D eigenvalue weighted by atomic mass is 19.1. The Morgan fingerprint density at radius 1 is 1.33 bits per heavy atom. The van der Waals surface area contributed by atoms with Crippen LogP contribution in [0.25, 0.3) is 28.0 Å². The first-order valence-corrected chi connectivity index (χ1v) is 6.19. The summed E-state index contributed by atoms with van der Waals surface area (Å²) in [6.45, 7) is 0. The third kappa shape index (κ3) is 1.64. The van der Waals surface area contributed by atoms with Gasteiger partial charge in [0.15, 0.2) is 17.0 Å². The van der Waals surface area contributed by atoms with Crippen LogP contribution in [0.15, 0.2) is 45.7 Å². The summed E-state index contributed by atoms with van der Waals surface area (Å²) in [6.07, 6.45) is 1.64. The van der Waals surface area contributed by atoms with E-state index in [1.165, 1.54) is 10.5 Å². The lowest BCUT2D eigenvalue weighted by Crippen LogP contribution is -1.94. The number of imidazole rings is 1. The Labute approximate surface area is 116 Å². The first-order valence-electron chi connectivity index (χ1n) is 6.19. The normalized spacial score (nSPS) is 11.5. The monoisotopic (exact) mass is 284 g/mol. The van der Waals surface area contributed by atoms with Crippen molar-refractivity contribution in [3.8, 4) is 11.3 Å². The first-order chi connectivity index (χ1) is 10.1. The fraction of sp³-hybridized carbons (Fsp3) is 0. The second-order valence-electron chi connectivity index (χ2n) is 4.62. The summed E-state index contributed by atoms with van der Waals surface area (Å²) in [6, 6.07) is 7.95. The Hall–Kier alpha value is -3.09. The molecule has 1 aromatic carbocycles. The highest BCUT2D eigenvalue weighted by Gasteiger charge is 2.15. The number of H-pyrrole nitrogens is 1. The molecule has 3 heterocycles. The molecule has 0 atom stereocenters. The molecule has 0 saturated carbocycles. The van der Waals surface area contributed by atoms with Crippen molar-refractivity contribution in [2.45, 2.75) is 0 Å². The molecule has 0 spiro atoms. The summed E-state index contributed by atoms with van der Waals surface area (Å²) >= 11 is 0. The maximum Gasteiger partial charge on any atom is 0.417 e. The van der Waals surface area contributed by atoms with Crippen LogP contribution >= 0.6 is 0 Å². The van der Waals surface area contributed by atoms with Gasteiger partial charge in [-0.2, -0.15) is 0 Å². The van der Waals surface area contributed by atoms with Crippen molar-refractivity contribution in [3.63, 3.8) is 0 Å². The lowest BCUT2D eigenvalue weighted by molar-refractivity contribution is 0.555. The topological polar surface area (TPSA) is 89.3 Å². The quantitative estimate of drug-likeness (QED) is 0.560. The van der Waals surface area contributed by atoms with Crippen LogP contribution in [0, 0.1) is 5.82 Å². The second-order valence-corrected chi connectivity index (χ2v) is 4.62. The fourth-order valence-corrected chi connectivity index (χ4v) is 2.36. The standard InChI is InChI=1S/C14H9FN4O2/c15-8-2-1-5-19-12(16)11(18-13(8)19)7-3-4-9-10(6-7)21-14(20)17-9/h1-6H,16H2,(H,17,20). The van der Waals surface area contributed by atoms with Crippen LogP contribution in [0.4, 0.5) is 10.2 Å². The molecule has 6 nitrogen and oxygen atoms in total. The zero-order chi connectivity index (χ0) is 14.6. The Bertz CT molecular complexity index is 1040. The van der Waals surface area contributed by atoms with Crippen LogP contribution in [-0.4, -0.2) is 14.4 Å². The zero-order valence-corrected chi connectivity index (χ0v) is 10.6. The average Bonchev–Trinajstić information content (AvgIpc) is 2.99. The molecule has 3 aromatic heterocycles. The van der Waals surface area contributed by atoms with Gasteiger partial charge in [-0.05, 0) is 24.3 Å². The number of aromatic nitrogens is 3. The smallest absolute Gasteiger partial charge is 0.408 e. The van der Waals surface area contributed by atoms with E-state index >= 15 is 0 Å². The molecule has 0 fully saturated rings. The van der Waals surface area contributed by atoms with Crippen LogP contribution < -0.4 is 11.5 Å². The van der Waals surface area contributed by atoms with Gasteiger partial charge >= 0.3 is 5.76 Å². The number of nitrogens with two attached hydrogens (primary N) is 1. The van der Waals surface area contributed by atoms with E-state index in [2.05, 4.69) is 9.97 Å². The van der Waals surface area contributed by atoms with Gasteiger partial charge in [0.1, 0.15) is 11.5 Å². The number of hydrogen-bond donors (Lipinski definition) is 2. The van der Waals surface area contributed by atoms with Crippen molar-refractivity contribution in [1.82, 2.24) is 14.4 Å². The molecule has 0 amide bonds. The molecule has 104 valence electrons. The summed E-state index contributed by atoms with van der Waals surface area (Å²) in [5.41, 5.74) is 8.23. The number of nitrogen functional groups attached to an aromatic ring is 1.